The summed E-state index contributed by atoms with van der Waals surface area (Å²) < 4.78 is 0. The number of anilines is 2. The molecule has 2 rings (SSSR count). The highest BCUT2D eigenvalue weighted by atomic mass is 32.1. The molecule has 0 saturated heterocycles. The summed E-state index contributed by atoms with van der Waals surface area (Å²) in [6, 6.07) is 9.56. The molecular formula is C13H14N2OS. The van der Waals surface area contributed by atoms with E-state index in [1.165, 1.54) is 11.3 Å². The average Bonchev–Trinajstić information content (AvgIpc) is 2.83. The normalized spacial score (nSPS) is 10.0. The number of thiophene rings is 1. The minimum Gasteiger partial charge on any atom is -0.376 e. The lowest BCUT2D eigenvalue weighted by Crippen LogP contribution is -2.16. The first kappa shape index (κ1) is 11.7. The van der Waals surface area contributed by atoms with Gasteiger partial charge in [0, 0.05) is 19.5 Å². The van der Waals surface area contributed by atoms with Gasteiger partial charge in [-0.2, -0.15) is 11.3 Å². The van der Waals surface area contributed by atoms with Crippen molar-refractivity contribution in [2.75, 3.05) is 24.3 Å². The molecular weight excluding hydrogens is 232 g/mol. The minimum absolute atomic E-state index is 0.0689. The Balaban J connectivity index is 2.22. The molecule has 0 aliphatic carbocycles. The topological polar surface area (TPSA) is 32.3 Å². The second-order valence-electron chi connectivity index (χ2n) is 3.88. The van der Waals surface area contributed by atoms with Crippen LogP contribution in [0.5, 0.6) is 0 Å². The van der Waals surface area contributed by atoms with E-state index < -0.39 is 0 Å². The van der Waals surface area contributed by atoms with Crippen molar-refractivity contribution in [2.24, 2.45) is 0 Å². The van der Waals surface area contributed by atoms with Crippen LogP contribution in [0.25, 0.3) is 0 Å². The fourth-order valence-corrected chi connectivity index (χ4v) is 2.19. The van der Waals surface area contributed by atoms with Gasteiger partial charge >= 0.3 is 0 Å². The molecule has 4 heteroatoms. The summed E-state index contributed by atoms with van der Waals surface area (Å²) in [6.07, 6.45) is 0. The first-order valence-corrected chi connectivity index (χ1v) is 6.22. The van der Waals surface area contributed by atoms with E-state index in [9.17, 15) is 4.79 Å². The highest BCUT2D eigenvalue weighted by Crippen LogP contribution is 2.24. The molecule has 0 aliphatic heterocycles. The summed E-state index contributed by atoms with van der Waals surface area (Å²) >= 11 is 1.52. The molecule has 17 heavy (non-hydrogen) atoms. The Morgan fingerprint density at radius 2 is 2.00 bits per heavy atom. The van der Waals surface area contributed by atoms with Crippen molar-refractivity contribution >= 4 is 28.6 Å². The number of para-hydroxylation sites is 2. The molecule has 0 bridgehead atoms. The fourth-order valence-electron chi connectivity index (χ4n) is 1.56. The lowest BCUT2D eigenvalue weighted by atomic mass is 10.2. The molecule has 0 aliphatic rings. The molecule has 0 radical (unpaired) electrons. The van der Waals surface area contributed by atoms with Crippen LogP contribution >= 0.6 is 11.3 Å². The van der Waals surface area contributed by atoms with Crippen LogP contribution in [0.15, 0.2) is 41.1 Å². The smallest absolute Gasteiger partial charge is 0.256 e. The lowest BCUT2D eigenvalue weighted by Gasteiger charge is -2.17. The molecule has 88 valence electrons. The van der Waals surface area contributed by atoms with Crippen molar-refractivity contribution in [3.05, 3.63) is 46.7 Å². The van der Waals surface area contributed by atoms with Crippen LogP contribution in [-0.2, 0) is 0 Å². The van der Waals surface area contributed by atoms with Gasteiger partial charge in [0.25, 0.3) is 5.91 Å². The molecule has 0 unspecified atom stereocenters. The number of nitrogens with zero attached hydrogens (tertiary/aromatic N) is 1. The molecule has 1 amide bonds. The van der Waals surface area contributed by atoms with Crippen LogP contribution < -0.4 is 10.2 Å². The van der Waals surface area contributed by atoms with Crippen molar-refractivity contribution in [3.63, 3.8) is 0 Å². The van der Waals surface area contributed by atoms with Crippen LogP contribution in [0.1, 0.15) is 10.4 Å². The van der Waals surface area contributed by atoms with Gasteiger partial charge in [-0.1, -0.05) is 12.1 Å². The van der Waals surface area contributed by atoms with Crippen molar-refractivity contribution < 1.29 is 4.79 Å². The number of nitrogens with one attached hydrogen (secondary N) is 1. The summed E-state index contributed by atoms with van der Waals surface area (Å²) in [6.45, 7) is 0. The Hall–Kier alpha value is -1.81. The van der Waals surface area contributed by atoms with Crippen LogP contribution in [0, 0.1) is 0 Å². The van der Waals surface area contributed by atoms with Gasteiger partial charge < -0.3 is 10.2 Å². The number of rotatable bonds is 3. The number of carbonyl (C=O) groups is 1. The maximum atomic E-state index is 11.9. The maximum absolute atomic E-state index is 11.9. The van der Waals surface area contributed by atoms with Crippen LogP contribution in [-0.4, -0.2) is 20.0 Å². The first-order valence-electron chi connectivity index (χ1n) is 5.28. The van der Waals surface area contributed by atoms with E-state index in [-0.39, 0.29) is 5.91 Å². The Morgan fingerprint density at radius 1 is 1.24 bits per heavy atom. The lowest BCUT2D eigenvalue weighted by molar-refractivity contribution is 0.102. The SMILES string of the molecule is CN(C)c1ccccc1NC(=O)c1ccsc1. The second kappa shape index (κ2) is 5.01. The van der Waals surface area contributed by atoms with E-state index in [1.54, 1.807) is 0 Å². The molecule has 0 saturated carbocycles. The molecule has 1 heterocycles. The predicted octanol–water partition coefficient (Wildman–Crippen LogP) is 3.07. The fraction of sp³-hybridized carbons (Fsp3) is 0.154. The summed E-state index contributed by atoms with van der Waals surface area (Å²) in [5.74, 6) is -0.0689. The molecule has 1 N–H and O–H groups in total. The highest BCUT2D eigenvalue weighted by molar-refractivity contribution is 7.08. The van der Waals surface area contributed by atoms with Gasteiger partial charge in [0.15, 0.2) is 0 Å². The molecule has 0 atom stereocenters. The van der Waals surface area contributed by atoms with E-state index in [1.807, 2.05) is 60.1 Å². The van der Waals surface area contributed by atoms with Crippen molar-refractivity contribution in [1.29, 1.82) is 0 Å². The van der Waals surface area contributed by atoms with Crippen molar-refractivity contribution in [1.82, 2.24) is 0 Å². The van der Waals surface area contributed by atoms with Gasteiger partial charge in [0.05, 0.1) is 16.9 Å². The van der Waals surface area contributed by atoms with Gasteiger partial charge in [-0.3, -0.25) is 4.79 Å². The summed E-state index contributed by atoms with van der Waals surface area (Å²) in [5, 5.41) is 6.66. The largest absolute Gasteiger partial charge is 0.376 e. The second-order valence-corrected chi connectivity index (χ2v) is 4.66. The zero-order valence-corrected chi connectivity index (χ0v) is 10.6. The van der Waals surface area contributed by atoms with Gasteiger partial charge in [-0.15, -0.1) is 0 Å². The monoisotopic (exact) mass is 246 g/mol. The first-order chi connectivity index (χ1) is 8.18. The quantitative estimate of drug-likeness (QED) is 0.902. The zero-order chi connectivity index (χ0) is 12.3. The van der Waals surface area contributed by atoms with Gasteiger partial charge in [-0.25, -0.2) is 0 Å². The molecule has 0 spiro atoms. The number of benzene rings is 1. The summed E-state index contributed by atoms with van der Waals surface area (Å²) in [4.78, 5) is 13.9. The Morgan fingerprint density at radius 3 is 2.65 bits per heavy atom. The molecule has 1 aromatic carbocycles. The highest BCUT2D eigenvalue weighted by Gasteiger charge is 2.09. The van der Waals surface area contributed by atoms with Crippen molar-refractivity contribution in [3.8, 4) is 0 Å². The number of carbonyl (C=O) groups excluding carboxylic acids is 1. The summed E-state index contributed by atoms with van der Waals surface area (Å²) in [7, 11) is 3.91. The number of amides is 1. The van der Waals surface area contributed by atoms with E-state index >= 15 is 0 Å². The van der Waals surface area contributed by atoms with Gasteiger partial charge in [0.1, 0.15) is 0 Å². The van der Waals surface area contributed by atoms with E-state index in [0.29, 0.717) is 5.56 Å². The van der Waals surface area contributed by atoms with E-state index in [2.05, 4.69) is 5.32 Å². The average molecular weight is 246 g/mol. The Labute approximate surface area is 105 Å². The van der Waals surface area contributed by atoms with Crippen molar-refractivity contribution in [2.45, 2.75) is 0 Å². The van der Waals surface area contributed by atoms with Crippen LogP contribution in [0.3, 0.4) is 0 Å². The molecule has 2 aromatic rings. The Bertz CT molecular complexity index is 506. The van der Waals surface area contributed by atoms with E-state index in [4.69, 9.17) is 0 Å². The molecule has 1 aromatic heterocycles. The maximum Gasteiger partial charge on any atom is 0.256 e. The van der Waals surface area contributed by atoms with Gasteiger partial charge in [-0.05, 0) is 23.6 Å². The summed E-state index contributed by atoms with van der Waals surface area (Å²) in [5.41, 5.74) is 2.52. The molecule has 0 fully saturated rings. The third-order valence-corrected chi connectivity index (χ3v) is 3.10. The Kier molecular flexibility index (Phi) is 3.44. The van der Waals surface area contributed by atoms with Gasteiger partial charge in [0.2, 0.25) is 0 Å². The third-order valence-electron chi connectivity index (χ3n) is 2.42. The molecule has 3 nitrogen and oxygen atoms in total. The number of hydrogen-bond acceptors (Lipinski definition) is 3. The minimum atomic E-state index is -0.0689. The number of hydrogen-bond donors (Lipinski definition) is 1. The predicted molar refractivity (Wildman–Crippen MR) is 73.0 cm³/mol. The zero-order valence-electron chi connectivity index (χ0n) is 9.81. The third kappa shape index (κ3) is 2.65. The van der Waals surface area contributed by atoms with Crippen LogP contribution in [0.2, 0.25) is 0 Å². The van der Waals surface area contributed by atoms with Crippen LogP contribution in [0.4, 0.5) is 11.4 Å². The van der Waals surface area contributed by atoms with E-state index in [0.717, 1.165) is 11.4 Å². The standard InChI is InChI=1S/C13H14N2OS/c1-15(2)12-6-4-3-5-11(12)14-13(16)10-7-8-17-9-10/h3-9H,1-2H3,(H,14,16).